The van der Waals surface area contributed by atoms with Gasteiger partial charge < -0.3 is 9.55 Å². The van der Waals surface area contributed by atoms with Gasteiger partial charge in [0, 0.05) is 43.3 Å². The fraction of sp³-hybridized carbons (Fsp3) is 0.364. The van der Waals surface area contributed by atoms with E-state index in [2.05, 4.69) is 19.5 Å². The molecule has 0 bridgehead atoms. The number of rotatable bonds is 1. The van der Waals surface area contributed by atoms with Gasteiger partial charge in [0.25, 0.3) is 0 Å². The van der Waals surface area contributed by atoms with Crippen molar-refractivity contribution in [2.45, 2.75) is 50.5 Å². The number of nitrogens with zero attached hydrogens (tertiary/aromatic N) is 3. The second-order valence-corrected chi connectivity index (χ2v) is 7.82. The third-order valence-electron chi connectivity index (χ3n) is 5.99. The number of alkyl halides is 2. The molecule has 29 heavy (non-hydrogen) atoms. The zero-order chi connectivity index (χ0) is 20.0. The first-order chi connectivity index (χ1) is 14.0. The van der Waals surface area contributed by atoms with Gasteiger partial charge in [-0.1, -0.05) is 6.08 Å². The summed E-state index contributed by atoms with van der Waals surface area (Å²) in [6.45, 7) is 0. The van der Waals surface area contributed by atoms with Crippen molar-refractivity contribution < 1.29 is 13.2 Å². The summed E-state index contributed by atoms with van der Waals surface area (Å²) in [5.41, 5.74) is 2.99. The van der Waals surface area contributed by atoms with E-state index >= 15 is 0 Å². The molecule has 7 heteroatoms. The SMILES string of the molecule is FC1=CCC(=c2ncn(C3CCC(F)(F)CC3)c2=C2CC=Nc3[nH]ccc32)C=C1. The van der Waals surface area contributed by atoms with E-state index in [1.54, 1.807) is 12.4 Å². The number of nitrogens with one attached hydrogen (secondary N) is 1. The molecule has 1 fully saturated rings. The molecule has 2 aromatic heterocycles. The molecular formula is C22H21F3N4. The van der Waals surface area contributed by atoms with Crippen molar-refractivity contribution >= 4 is 23.2 Å². The summed E-state index contributed by atoms with van der Waals surface area (Å²) in [6.07, 6.45) is 11.9. The zero-order valence-electron chi connectivity index (χ0n) is 15.8. The minimum Gasteiger partial charge on any atom is -0.346 e. The first-order valence-corrected chi connectivity index (χ1v) is 9.93. The van der Waals surface area contributed by atoms with E-state index in [1.165, 1.54) is 12.2 Å². The molecule has 0 saturated heterocycles. The van der Waals surface area contributed by atoms with Crippen LogP contribution in [0, 0.1) is 0 Å². The standard InChI is InChI=1S/C22H21F3N4/c23-15-3-1-14(2-4-15)19-20(17-7-11-26-21-18(17)8-12-27-21)29(13-28-19)16-5-9-22(24,25)10-6-16/h1,3-4,8,11-13,16,27H,2,5-7,9-10H2. The number of halogens is 3. The van der Waals surface area contributed by atoms with Gasteiger partial charge in [-0.05, 0) is 48.6 Å². The molecule has 150 valence electrons. The minimum absolute atomic E-state index is 0.0277. The molecule has 2 aromatic rings. The average molecular weight is 398 g/mol. The van der Waals surface area contributed by atoms with Crippen molar-refractivity contribution in [2.75, 3.05) is 0 Å². The predicted octanol–water partition coefficient (Wildman–Crippen LogP) is 4.23. The van der Waals surface area contributed by atoms with Crippen LogP contribution in [-0.4, -0.2) is 26.7 Å². The normalized spacial score (nSPS) is 25.1. The first-order valence-electron chi connectivity index (χ1n) is 9.93. The number of aliphatic imine (C=N–C) groups is 1. The molecule has 1 saturated carbocycles. The van der Waals surface area contributed by atoms with Crippen LogP contribution < -0.4 is 10.7 Å². The van der Waals surface area contributed by atoms with Crippen LogP contribution in [0.3, 0.4) is 0 Å². The highest BCUT2D eigenvalue weighted by atomic mass is 19.3. The van der Waals surface area contributed by atoms with Crippen LogP contribution >= 0.6 is 0 Å². The summed E-state index contributed by atoms with van der Waals surface area (Å²) in [7, 11) is 0. The van der Waals surface area contributed by atoms with Gasteiger partial charge in [0.05, 0.1) is 17.0 Å². The van der Waals surface area contributed by atoms with E-state index in [-0.39, 0.29) is 24.7 Å². The highest BCUT2D eigenvalue weighted by Crippen LogP contribution is 2.38. The molecule has 0 atom stereocenters. The second-order valence-electron chi connectivity index (χ2n) is 7.82. The molecule has 5 rings (SSSR count). The van der Waals surface area contributed by atoms with Crippen molar-refractivity contribution in [1.82, 2.24) is 14.5 Å². The molecule has 4 nitrogen and oxygen atoms in total. The Morgan fingerprint density at radius 2 is 1.97 bits per heavy atom. The molecule has 1 aliphatic heterocycles. The summed E-state index contributed by atoms with van der Waals surface area (Å²) in [5.74, 6) is -2.05. The Kier molecular flexibility index (Phi) is 4.33. The predicted molar refractivity (Wildman–Crippen MR) is 106 cm³/mol. The van der Waals surface area contributed by atoms with E-state index in [1.807, 2.05) is 18.5 Å². The van der Waals surface area contributed by atoms with Crippen LogP contribution in [0.2, 0.25) is 0 Å². The molecule has 0 amide bonds. The van der Waals surface area contributed by atoms with E-state index in [0.29, 0.717) is 25.7 Å². The maximum Gasteiger partial charge on any atom is 0.248 e. The topological polar surface area (TPSA) is 46.0 Å². The highest BCUT2D eigenvalue weighted by molar-refractivity contribution is 5.88. The Bertz CT molecular complexity index is 1150. The molecule has 0 aromatic carbocycles. The molecular weight excluding hydrogens is 377 g/mol. The fourth-order valence-electron chi connectivity index (χ4n) is 4.45. The van der Waals surface area contributed by atoms with Gasteiger partial charge in [-0.25, -0.2) is 23.1 Å². The van der Waals surface area contributed by atoms with Crippen LogP contribution in [0.25, 0.3) is 11.1 Å². The third kappa shape index (κ3) is 3.28. The van der Waals surface area contributed by atoms with Crippen molar-refractivity contribution in [2.24, 2.45) is 4.99 Å². The van der Waals surface area contributed by atoms with E-state index in [9.17, 15) is 13.2 Å². The summed E-state index contributed by atoms with van der Waals surface area (Å²) >= 11 is 0. The summed E-state index contributed by atoms with van der Waals surface area (Å²) in [4.78, 5) is 12.2. The lowest BCUT2D eigenvalue weighted by molar-refractivity contribution is -0.0441. The summed E-state index contributed by atoms with van der Waals surface area (Å²) in [6, 6.07) is 1.96. The Labute approximate surface area is 165 Å². The number of aromatic nitrogens is 3. The maximum absolute atomic E-state index is 13.7. The van der Waals surface area contributed by atoms with Crippen molar-refractivity contribution in [3.63, 3.8) is 0 Å². The lowest BCUT2D eigenvalue weighted by Crippen LogP contribution is -2.38. The molecule has 2 aliphatic carbocycles. The van der Waals surface area contributed by atoms with Gasteiger partial charge in [0.15, 0.2) is 0 Å². The number of hydrogen-bond donors (Lipinski definition) is 1. The molecule has 0 unspecified atom stereocenters. The average Bonchev–Trinajstić information content (AvgIpc) is 3.35. The Morgan fingerprint density at radius 1 is 1.14 bits per heavy atom. The molecule has 0 radical (unpaired) electrons. The van der Waals surface area contributed by atoms with E-state index < -0.39 is 5.92 Å². The Balaban J connectivity index is 1.73. The smallest absolute Gasteiger partial charge is 0.248 e. The maximum atomic E-state index is 13.7. The van der Waals surface area contributed by atoms with Gasteiger partial charge in [-0.2, -0.15) is 0 Å². The largest absolute Gasteiger partial charge is 0.346 e. The molecule has 3 aliphatic rings. The van der Waals surface area contributed by atoms with E-state index in [0.717, 1.165) is 33.2 Å². The Hall–Kier alpha value is -2.83. The molecule has 3 heterocycles. The lowest BCUT2D eigenvalue weighted by Gasteiger charge is -2.29. The summed E-state index contributed by atoms with van der Waals surface area (Å²) < 4.78 is 43.0. The van der Waals surface area contributed by atoms with Gasteiger partial charge in [-0.3, -0.25) is 0 Å². The Morgan fingerprint density at radius 3 is 2.72 bits per heavy atom. The zero-order valence-corrected chi connectivity index (χ0v) is 15.8. The highest BCUT2D eigenvalue weighted by Gasteiger charge is 2.36. The number of fused-ring (bicyclic) bond motifs is 1. The van der Waals surface area contributed by atoms with Gasteiger partial charge in [-0.15, -0.1) is 0 Å². The molecule has 1 N–H and O–H groups in total. The van der Waals surface area contributed by atoms with Crippen LogP contribution in [0.4, 0.5) is 19.0 Å². The lowest BCUT2D eigenvalue weighted by atomic mass is 9.91. The number of imidazole rings is 1. The monoisotopic (exact) mass is 398 g/mol. The second kappa shape index (κ2) is 6.90. The third-order valence-corrected chi connectivity index (χ3v) is 5.99. The first kappa shape index (κ1) is 18.2. The van der Waals surface area contributed by atoms with Crippen LogP contribution in [0.15, 0.2) is 47.6 Å². The van der Waals surface area contributed by atoms with Crippen molar-refractivity contribution in [3.8, 4) is 0 Å². The van der Waals surface area contributed by atoms with Gasteiger partial charge in [0.2, 0.25) is 5.92 Å². The number of H-pyrrole nitrogens is 1. The minimum atomic E-state index is -2.58. The molecule has 0 spiro atoms. The quantitative estimate of drug-likeness (QED) is 0.768. The van der Waals surface area contributed by atoms with Crippen molar-refractivity contribution in [1.29, 1.82) is 0 Å². The number of allylic oxidation sites excluding steroid dienone is 4. The number of hydrogen-bond acceptors (Lipinski definition) is 2. The van der Waals surface area contributed by atoms with Crippen molar-refractivity contribution in [3.05, 3.63) is 58.9 Å². The van der Waals surface area contributed by atoms with Crippen LogP contribution in [-0.2, 0) is 0 Å². The number of aromatic amines is 1. The van der Waals surface area contributed by atoms with Crippen LogP contribution in [0.1, 0.15) is 50.1 Å². The van der Waals surface area contributed by atoms with Gasteiger partial charge >= 0.3 is 0 Å². The van der Waals surface area contributed by atoms with Crippen LogP contribution in [0.5, 0.6) is 0 Å². The summed E-state index contributed by atoms with van der Waals surface area (Å²) in [5, 5.41) is 1.72. The van der Waals surface area contributed by atoms with E-state index in [4.69, 9.17) is 0 Å². The van der Waals surface area contributed by atoms with Gasteiger partial charge in [0.1, 0.15) is 11.6 Å². The fourth-order valence-corrected chi connectivity index (χ4v) is 4.45.